The summed E-state index contributed by atoms with van der Waals surface area (Å²) in [4.78, 5) is 26.7. The molecule has 1 aliphatic heterocycles. The summed E-state index contributed by atoms with van der Waals surface area (Å²) >= 11 is 0. The predicted molar refractivity (Wildman–Crippen MR) is 164 cm³/mol. The maximum Gasteiger partial charge on any atom is 0.303 e. The second-order valence-corrected chi connectivity index (χ2v) is 16.6. The summed E-state index contributed by atoms with van der Waals surface area (Å²) in [5.74, 6) is 2.31. The highest BCUT2D eigenvalue weighted by Gasteiger charge is 2.70. The first-order valence-electron chi connectivity index (χ1n) is 17.0. The van der Waals surface area contributed by atoms with E-state index in [0.29, 0.717) is 55.5 Å². The highest BCUT2D eigenvalue weighted by Crippen LogP contribution is 2.76. The maximum atomic E-state index is 13.6. The van der Waals surface area contributed by atoms with Crippen LogP contribution in [0.2, 0.25) is 0 Å². The highest BCUT2D eigenvalue weighted by atomic mass is 16.4. The third kappa shape index (κ3) is 4.56. The van der Waals surface area contributed by atoms with Crippen molar-refractivity contribution >= 4 is 11.9 Å². The van der Waals surface area contributed by atoms with E-state index in [2.05, 4.69) is 53.0 Å². The SMILES string of the molecule is C=C(C)[C@@H]1CC[C@]2(CO)CC[C@]3(C)[C@H](CC[C@@H]4[C@@]5(C)CCCN(C(=O)CCCCC(=O)O)C(C)(C)C5CC[C@]43C)[C@@H]12. The third-order valence-electron chi connectivity index (χ3n) is 14.8. The molecule has 4 saturated carbocycles. The van der Waals surface area contributed by atoms with Crippen molar-refractivity contribution in [3.63, 3.8) is 0 Å². The van der Waals surface area contributed by atoms with Gasteiger partial charge in [0.05, 0.1) is 0 Å². The van der Waals surface area contributed by atoms with Crippen LogP contribution in [0, 0.1) is 51.2 Å². The molecule has 0 aromatic carbocycles. The molecule has 1 amide bonds. The number of carboxylic acids is 1. The molecule has 41 heavy (non-hydrogen) atoms. The van der Waals surface area contributed by atoms with Gasteiger partial charge in [0.1, 0.15) is 0 Å². The normalized spacial score (nSPS) is 45.0. The number of fused-ring (bicyclic) bond motifs is 7. The van der Waals surface area contributed by atoms with Gasteiger partial charge in [0, 0.05) is 31.5 Å². The predicted octanol–water partition coefficient (Wildman–Crippen LogP) is 7.86. The van der Waals surface area contributed by atoms with Crippen molar-refractivity contribution in [1.29, 1.82) is 0 Å². The Kier molecular flexibility index (Phi) is 8.08. The van der Waals surface area contributed by atoms with Gasteiger partial charge in [0.25, 0.3) is 0 Å². The number of amides is 1. The molecule has 2 N–H and O–H groups in total. The Bertz CT molecular complexity index is 1050. The first kappa shape index (κ1) is 31.1. The number of carbonyl (C=O) groups excluding carboxylic acids is 1. The van der Waals surface area contributed by atoms with E-state index in [4.69, 9.17) is 5.11 Å². The molecule has 5 aliphatic rings. The van der Waals surface area contributed by atoms with E-state index in [-0.39, 0.29) is 39.5 Å². The Morgan fingerprint density at radius 3 is 2.22 bits per heavy atom. The molecule has 0 radical (unpaired) electrons. The lowest BCUT2D eigenvalue weighted by Crippen LogP contribution is -2.66. The zero-order valence-corrected chi connectivity index (χ0v) is 27.1. The number of unbranched alkanes of at least 4 members (excludes halogenated alkanes) is 1. The quantitative estimate of drug-likeness (QED) is 0.242. The van der Waals surface area contributed by atoms with Gasteiger partial charge in [-0.15, -0.1) is 0 Å². The standard InChI is InChI=1S/C36H59NO4/c1-24(2)25-15-19-36(23-38)21-20-34(6)26(31(25)36)13-14-28-33(5)17-10-22-37(29(39)11-8-9-12-30(40)41)32(3,4)27(33)16-18-35(28,34)7/h25-28,31,38H,1,8-23H2,2-7H3,(H,40,41)/t25-,26+,27?,28+,31+,33-,34+,35+,36+/m0/s1. The number of aliphatic hydroxyl groups excluding tert-OH is 1. The maximum absolute atomic E-state index is 13.6. The number of hydrogen-bond acceptors (Lipinski definition) is 3. The molecule has 0 spiro atoms. The fraction of sp³-hybridized carbons (Fsp3) is 0.889. The van der Waals surface area contributed by atoms with Crippen molar-refractivity contribution in [2.45, 2.75) is 137 Å². The second-order valence-electron chi connectivity index (χ2n) is 16.6. The van der Waals surface area contributed by atoms with Gasteiger partial charge in [-0.25, -0.2) is 0 Å². The summed E-state index contributed by atoms with van der Waals surface area (Å²) in [7, 11) is 0. The number of allylic oxidation sites excluding steroid dienone is 1. The Balaban J connectivity index is 1.42. The van der Waals surface area contributed by atoms with E-state index in [9.17, 15) is 14.7 Å². The molecule has 5 heteroatoms. The van der Waals surface area contributed by atoms with Crippen molar-refractivity contribution in [3.8, 4) is 0 Å². The second kappa shape index (κ2) is 10.7. The van der Waals surface area contributed by atoms with E-state index in [1.54, 1.807) is 0 Å². The summed E-state index contributed by atoms with van der Waals surface area (Å²) in [6.07, 6.45) is 13.7. The van der Waals surface area contributed by atoms with Crippen LogP contribution in [0.1, 0.15) is 131 Å². The van der Waals surface area contributed by atoms with E-state index < -0.39 is 5.97 Å². The van der Waals surface area contributed by atoms with Crippen molar-refractivity contribution in [2.24, 2.45) is 51.2 Å². The van der Waals surface area contributed by atoms with Gasteiger partial charge in [-0.2, -0.15) is 0 Å². The summed E-state index contributed by atoms with van der Waals surface area (Å²) < 4.78 is 0. The van der Waals surface area contributed by atoms with Crippen LogP contribution in [-0.4, -0.2) is 45.7 Å². The van der Waals surface area contributed by atoms with Crippen molar-refractivity contribution in [3.05, 3.63) is 12.2 Å². The zero-order chi connectivity index (χ0) is 30.0. The zero-order valence-electron chi connectivity index (χ0n) is 27.1. The number of rotatable bonds is 7. The number of aliphatic carboxylic acids is 1. The van der Waals surface area contributed by atoms with Crippen molar-refractivity contribution in [1.82, 2.24) is 4.90 Å². The van der Waals surface area contributed by atoms with Crippen LogP contribution < -0.4 is 0 Å². The minimum Gasteiger partial charge on any atom is -0.481 e. The molecule has 9 atom stereocenters. The number of hydrogen-bond donors (Lipinski definition) is 2. The number of aliphatic hydroxyl groups is 1. The Labute approximate surface area is 249 Å². The van der Waals surface area contributed by atoms with Crippen molar-refractivity contribution in [2.75, 3.05) is 13.2 Å². The molecular formula is C36H59NO4. The molecule has 0 aromatic heterocycles. The Hall–Kier alpha value is -1.36. The third-order valence-corrected chi connectivity index (χ3v) is 14.8. The smallest absolute Gasteiger partial charge is 0.303 e. The summed E-state index contributed by atoms with van der Waals surface area (Å²) in [6.45, 7) is 20.4. The van der Waals surface area contributed by atoms with Crippen LogP contribution >= 0.6 is 0 Å². The fourth-order valence-corrected chi connectivity index (χ4v) is 12.7. The van der Waals surface area contributed by atoms with E-state index >= 15 is 0 Å². The molecule has 5 fully saturated rings. The van der Waals surface area contributed by atoms with Crippen LogP contribution in [0.3, 0.4) is 0 Å². The first-order valence-corrected chi connectivity index (χ1v) is 17.0. The van der Waals surface area contributed by atoms with Crippen LogP contribution in [0.5, 0.6) is 0 Å². The number of likely N-dealkylation sites (tertiary alicyclic amines) is 1. The lowest BCUT2D eigenvalue weighted by atomic mass is 9.33. The van der Waals surface area contributed by atoms with E-state index in [1.807, 2.05) is 0 Å². The van der Waals surface area contributed by atoms with Gasteiger partial charge in [0.15, 0.2) is 0 Å². The van der Waals surface area contributed by atoms with Gasteiger partial charge in [-0.05, 0) is 149 Å². The summed E-state index contributed by atoms with van der Waals surface area (Å²) in [5, 5.41) is 19.8. The lowest BCUT2D eigenvalue weighted by Gasteiger charge is -2.71. The van der Waals surface area contributed by atoms with Crippen LogP contribution in [0.4, 0.5) is 0 Å². The van der Waals surface area contributed by atoms with Crippen LogP contribution in [0.15, 0.2) is 12.2 Å². The largest absolute Gasteiger partial charge is 0.481 e. The minimum absolute atomic E-state index is 0.0910. The van der Waals surface area contributed by atoms with E-state index in [1.165, 1.54) is 50.5 Å². The molecule has 0 bridgehead atoms. The Morgan fingerprint density at radius 2 is 1.56 bits per heavy atom. The molecular weight excluding hydrogens is 510 g/mol. The summed E-state index contributed by atoms with van der Waals surface area (Å²) in [5.41, 5.74) is 1.93. The molecule has 1 saturated heterocycles. The average Bonchev–Trinajstić information content (AvgIpc) is 3.25. The molecule has 5 rings (SSSR count). The van der Waals surface area contributed by atoms with Crippen molar-refractivity contribution < 1.29 is 19.8 Å². The molecule has 232 valence electrons. The topological polar surface area (TPSA) is 77.8 Å². The van der Waals surface area contributed by atoms with Crippen LogP contribution in [-0.2, 0) is 9.59 Å². The van der Waals surface area contributed by atoms with Gasteiger partial charge in [-0.1, -0.05) is 32.9 Å². The highest BCUT2D eigenvalue weighted by molar-refractivity contribution is 5.77. The molecule has 1 heterocycles. The molecule has 5 nitrogen and oxygen atoms in total. The van der Waals surface area contributed by atoms with Gasteiger partial charge in [-0.3, -0.25) is 9.59 Å². The van der Waals surface area contributed by atoms with Gasteiger partial charge in [0.2, 0.25) is 5.91 Å². The molecule has 0 aromatic rings. The Morgan fingerprint density at radius 1 is 0.854 bits per heavy atom. The molecule has 1 unspecified atom stereocenters. The van der Waals surface area contributed by atoms with Crippen LogP contribution in [0.25, 0.3) is 0 Å². The lowest BCUT2D eigenvalue weighted by molar-refractivity contribution is -0.229. The molecule has 4 aliphatic carbocycles. The fourth-order valence-electron chi connectivity index (χ4n) is 12.7. The number of nitrogens with zero attached hydrogens (tertiary/aromatic N) is 1. The summed E-state index contributed by atoms with van der Waals surface area (Å²) in [6, 6.07) is 0. The van der Waals surface area contributed by atoms with E-state index in [0.717, 1.165) is 25.8 Å². The number of carboxylic acid groups (broad SMARTS) is 1. The number of carbonyl (C=O) groups is 2. The minimum atomic E-state index is -0.778. The average molecular weight is 570 g/mol. The monoisotopic (exact) mass is 569 g/mol. The first-order chi connectivity index (χ1) is 19.2. The van der Waals surface area contributed by atoms with Gasteiger partial charge >= 0.3 is 5.97 Å². The van der Waals surface area contributed by atoms with Gasteiger partial charge < -0.3 is 15.1 Å².